The molecule has 298 valence electrons. The number of likely N-dealkylation sites (tertiary alicyclic amines) is 3. The van der Waals surface area contributed by atoms with Crippen LogP contribution in [-0.2, 0) is 36.7 Å². The Morgan fingerprint density at radius 3 is 2.07 bits per heavy atom. The third-order valence-corrected chi connectivity index (χ3v) is 12.8. The molecule has 6 rings (SSSR count). The zero-order chi connectivity index (χ0) is 39.1. The van der Waals surface area contributed by atoms with Gasteiger partial charge in [0.2, 0.25) is 5.91 Å². The number of carbonyl (C=O) groups is 5. The van der Waals surface area contributed by atoms with Crippen molar-refractivity contribution >= 4 is 67.5 Å². The summed E-state index contributed by atoms with van der Waals surface area (Å²) in [5.74, 6) is 0.311. The van der Waals surface area contributed by atoms with Crippen LogP contribution in [0.25, 0.3) is 0 Å². The quantitative estimate of drug-likeness (QED) is 0.263. The molecule has 0 bridgehead atoms. The Morgan fingerprint density at radius 1 is 0.836 bits per heavy atom. The molecule has 15 heteroatoms. The third-order valence-electron chi connectivity index (χ3n) is 11.6. The largest absolute Gasteiger partial charge is 0.506 e. The van der Waals surface area contributed by atoms with Crippen molar-refractivity contribution in [1.82, 2.24) is 19.6 Å². The average molecular weight is 890 g/mol. The predicted octanol–water partition coefficient (Wildman–Crippen LogP) is 6.34. The predicted molar refractivity (Wildman–Crippen MR) is 212 cm³/mol. The fourth-order valence-corrected chi connectivity index (χ4v) is 9.72. The molecule has 4 heterocycles. The smallest absolute Gasteiger partial charge is 0.410 e. The maximum atomic E-state index is 14.2. The van der Waals surface area contributed by atoms with E-state index >= 15 is 0 Å². The van der Waals surface area contributed by atoms with E-state index in [4.69, 9.17) is 9.47 Å². The van der Waals surface area contributed by atoms with E-state index in [1.165, 1.54) is 0 Å². The first-order valence-corrected chi connectivity index (χ1v) is 21.1. The summed E-state index contributed by atoms with van der Waals surface area (Å²) in [6.45, 7) is 5.88. The molecule has 2 aromatic carbocycles. The number of piperidine rings is 3. The second-order valence-corrected chi connectivity index (χ2v) is 16.6. The number of anilines is 1. The Morgan fingerprint density at radius 2 is 1.44 bits per heavy atom. The normalized spacial score (nSPS) is 19.3. The van der Waals surface area contributed by atoms with E-state index in [-0.39, 0.29) is 54.9 Å². The van der Waals surface area contributed by atoms with E-state index in [9.17, 15) is 29.1 Å². The summed E-state index contributed by atoms with van der Waals surface area (Å²) in [6, 6.07) is 11.1. The molecule has 4 aliphatic rings. The van der Waals surface area contributed by atoms with Gasteiger partial charge in [-0.25, -0.2) is 9.59 Å². The molecule has 0 aromatic heterocycles. The SMILES string of the molecule is CCOC(=O)CCC(=O)N1CCC(C2CCN(C(=O)[C@@H](Cc3cc(Br)c(O)c(Br)c3)OC(=O)N3CCC(N4CCc5ccccc5NC4=O)CC3)CC2)CC1. The number of ether oxygens (including phenoxy) is 2. The number of aromatic hydroxyl groups is 1. The van der Waals surface area contributed by atoms with E-state index in [1.54, 1.807) is 28.9 Å². The molecule has 0 spiro atoms. The number of esters is 1. The molecule has 0 saturated carbocycles. The number of carbonyl (C=O) groups excluding carboxylic acids is 5. The second-order valence-electron chi connectivity index (χ2n) is 14.9. The van der Waals surface area contributed by atoms with Crippen LogP contribution in [0, 0.1) is 11.8 Å². The Balaban J connectivity index is 1.03. The topological polar surface area (TPSA) is 149 Å². The molecule has 55 heavy (non-hydrogen) atoms. The van der Waals surface area contributed by atoms with Gasteiger partial charge in [-0.3, -0.25) is 14.4 Å². The highest BCUT2D eigenvalue weighted by atomic mass is 79.9. The minimum atomic E-state index is -1.07. The standard InChI is InChI=1S/C40H51Br2N5O8/c1-2-54-36(49)8-7-35(48)44-16-9-27(10-17-44)28-11-18-45(19-12-28)38(51)34(25-26-23-31(41)37(50)32(42)24-26)55-40(53)46-20-14-30(15-21-46)47-22-13-29-5-3-4-6-33(29)43-39(47)52/h3-6,23-24,27-28,30,34,50H,2,7-22,25H2,1H3,(H,43,52)/t34-/m1/s1. The van der Waals surface area contributed by atoms with Crippen molar-refractivity contribution in [3.05, 3.63) is 56.5 Å². The van der Waals surface area contributed by atoms with Gasteiger partial charge in [0.15, 0.2) is 6.10 Å². The number of hydrogen-bond donors (Lipinski definition) is 2. The Kier molecular flexibility index (Phi) is 14.0. The Bertz CT molecular complexity index is 1700. The van der Waals surface area contributed by atoms with Crippen molar-refractivity contribution in [3.8, 4) is 5.75 Å². The average Bonchev–Trinajstić information content (AvgIpc) is 3.36. The van der Waals surface area contributed by atoms with E-state index in [0.717, 1.165) is 43.4 Å². The number of rotatable bonds is 10. The number of benzene rings is 2. The summed E-state index contributed by atoms with van der Waals surface area (Å²) in [7, 11) is 0. The van der Waals surface area contributed by atoms with Gasteiger partial charge in [0, 0.05) is 70.4 Å². The molecule has 2 N–H and O–H groups in total. The van der Waals surface area contributed by atoms with Crippen LogP contribution < -0.4 is 5.32 Å². The van der Waals surface area contributed by atoms with Crippen LogP contribution in [0.15, 0.2) is 45.3 Å². The number of para-hydroxylation sites is 1. The summed E-state index contributed by atoms with van der Waals surface area (Å²) in [4.78, 5) is 72.5. The lowest BCUT2D eigenvalue weighted by molar-refractivity contribution is -0.146. The van der Waals surface area contributed by atoms with Crippen molar-refractivity contribution in [3.63, 3.8) is 0 Å². The number of nitrogens with one attached hydrogen (secondary N) is 1. The number of hydrogen-bond acceptors (Lipinski definition) is 8. The lowest BCUT2D eigenvalue weighted by atomic mass is 9.78. The van der Waals surface area contributed by atoms with E-state index < -0.39 is 12.2 Å². The van der Waals surface area contributed by atoms with E-state index in [1.807, 2.05) is 34.1 Å². The number of fused-ring (bicyclic) bond motifs is 1. The number of nitrogens with zero attached hydrogens (tertiary/aromatic N) is 4. The van der Waals surface area contributed by atoms with Crippen LogP contribution in [0.5, 0.6) is 5.75 Å². The first-order chi connectivity index (χ1) is 26.5. The summed E-state index contributed by atoms with van der Waals surface area (Å²) in [5, 5.41) is 13.3. The Hall–Kier alpha value is -3.85. The maximum Gasteiger partial charge on any atom is 0.410 e. The molecule has 2 aromatic rings. The van der Waals surface area contributed by atoms with Crippen LogP contribution >= 0.6 is 31.9 Å². The van der Waals surface area contributed by atoms with Crippen LogP contribution in [0.4, 0.5) is 15.3 Å². The minimum absolute atomic E-state index is 0.0132. The van der Waals surface area contributed by atoms with Gasteiger partial charge < -0.3 is 39.5 Å². The number of urea groups is 1. The molecule has 13 nitrogen and oxygen atoms in total. The highest BCUT2D eigenvalue weighted by Gasteiger charge is 2.37. The van der Waals surface area contributed by atoms with Crippen molar-refractivity contribution < 1.29 is 38.6 Å². The molecule has 0 unspecified atom stereocenters. The minimum Gasteiger partial charge on any atom is -0.506 e. The van der Waals surface area contributed by atoms with Crippen LogP contribution in [0.3, 0.4) is 0 Å². The van der Waals surface area contributed by atoms with Crippen LogP contribution in [-0.4, -0.2) is 119 Å². The van der Waals surface area contributed by atoms with Crippen molar-refractivity contribution in [1.29, 1.82) is 0 Å². The fourth-order valence-electron chi connectivity index (χ4n) is 8.44. The number of halogens is 2. The maximum absolute atomic E-state index is 14.2. The molecule has 3 fully saturated rings. The highest BCUT2D eigenvalue weighted by molar-refractivity contribution is 9.11. The van der Waals surface area contributed by atoms with Crippen LogP contribution in [0.1, 0.15) is 69.4 Å². The van der Waals surface area contributed by atoms with Crippen molar-refractivity contribution in [2.24, 2.45) is 11.8 Å². The molecule has 0 radical (unpaired) electrons. The summed E-state index contributed by atoms with van der Waals surface area (Å²) < 4.78 is 11.9. The van der Waals surface area contributed by atoms with E-state index in [2.05, 4.69) is 37.2 Å². The molecule has 5 amide bonds. The Labute approximate surface area is 339 Å². The van der Waals surface area contributed by atoms with Gasteiger partial charge in [-0.05, 0) is 125 Å². The lowest BCUT2D eigenvalue weighted by Gasteiger charge is -2.41. The van der Waals surface area contributed by atoms with Crippen LogP contribution in [0.2, 0.25) is 0 Å². The monoisotopic (exact) mass is 887 g/mol. The zero-order valence-corrected chi connectivity index (χ0v) is 34.5. The van der Waals surface area contributed by atoms with Crippen molar-refractivity contribution in [2.45, 2.75) is 83.3 Å². The van der Waals surface area contributed by atoms with E-state index in [0.29, 0.717) is 91.6 Å². The number of amides is 5. The number of phenolic OH excluding ortho intramolecular Hbond substituents is 1. The fraction of sp³-hybridized carbons (Fsp3) is 0.575. The van der Waals surface area contributed by atoms with Crippen molar-refractivity contribution in [2.75, 3.05) is 57.7 Å². The van der Waals surface area contributed by atoms with Gasteiger partial charge in [-0.15, -0.1) is 0 Å². The molecule has 0 aliphatic carbocycles. The third kappa shape index (κ3) is 10.3. The van der Waals surface area contributed by atoms with Gasteiger partial charge in [0.25, 0.3) is 5.91 Å². The molecular formula is C40H51Br2N5O8. The number of phenols is 1. The summed E-state index contributed by atoms with van der Waals surface area (Å²) in [5.41, 5.74) is 2.65. The first kappa shape index (κ1) is 40.8. The molecule has 4 aliphatic heterocycles. The molecule has 1 atom stereocenters. The molecular weight excluding hydrogens is 838 g/mol. The van der Waals surface area contributed by atoms with Gasteiger partial charge in [0.05, 0.1) is 22.0 Å². The molecule has 3 saturated heterocycles. The lowest BCUT2D eigenvalue weighted by Crippen LogP contribution is -2.52. The zero-order valence-electron chi connectivity index (χ0n) is 31.4. The second kappa shape index (κ2) is 18.9. The summed E-state index contributed by atoms with van der Waals surface area (Å²) in [6.07, 6.45) is 4.17. The van der Waals surface area contributed by atoms with Gasteiger partial charge >= 0.3 is 18.1 Å². The summed E-state index contributed by atoms with van der Waals surface area (Å²) >= 11 is 6.76. The van der Waals surface area contributed by atoms with Gasteiger partial charge in [-0.1, -0.05) is 18.2 Å². The van der Waals surface area contributed by atoms with Gasteiger partial charge in [0.1, 0.15) is 5.75 Å². The highest BCUT2D eigenvalue weighted by Crippen LogP contribution is 2.36. The van der Waals surface area contributed by atoms with Gasteiger partial charge in [-0.2, -0.15) is 0 Å². The first-order valence-electron chi connectivity index (χ1n) is 19.5.